The molecule has 0 spiro atoms. The summed E-state index contributed by atoms with van der Waals surface area (Å²) in [5, 5.41) is 12.8. The zero-order valence-electron chi connectivity index (χ0n) is 12.1. The van der Waals surface area contributed by atoms with Gasteiger partial charge in [-0.15, -0.1) is 0 Å². The molecular formula is C16H23N3. The Morgan fingerprint density at radius 2 is 2.00 bits per heavy atom. The number of nitriles is 1. The van der Waals surface area contributed by atoms with Gasteiger partial charge in [-0.05, 0) is 43.9 Å². The van der Waals surface area contributed by atoms with Crippen LogP contribution in [0.2, 0.25) is 0 Å². The van der Waals surface area contributed by atoms with Crippen molar-refractivity contribution >= 4 is 5.69 Å². The molecule has 1 aromatic carbocycles. The van der Waals surface area contributed by atoms with Crippen LogP contribution in [0.4, 0.5) is 5.69 Å². The molecule has 0 aliphatic heterocycles. The summed E-state index contributed by atoms with van der Waals surface area (Å²) < 4.78 is 0. The molecular weight excluding hydrogens is 234 g/mol. The van der Waals surface area contributed by atoms with Gasteiger partial charge >= 0.3 is 0 Å². The van der Waals surface area contributed by atoms with Gasteiger partial charge in [-0.25, -0.2) is 0 Å². The van der Waals surface area contributed by atoms with Crippen molar-refractivity contribution in [2.24, 2.45) is 0 Å². The van der Waals surface area contributed by atoms with Crippen molar-refractivity contribution in [3.63, 3.8) is 0 Å². The predicted molar refractivity (Wildman–Crippen MR) is 79.3 cm³/mol. The van der Waals surface area contributed by atoms with Gasteiger partial charge in [-0.3, -0.25) is 5.32 Å². The number of anilines is 1. The molecule has 0 bridgehead atoms. The minimum absolute atomic E-state index is 0.473. The van der Waals surface area contributed by atoms with Crippen LogP contribution in [0.1, 0.15) is 32.3 Å². The minimum atomic E-state index is -0.473. The highest BCUT2D eigenvalue weighted by atomic mass is 15.2. The van der Waals surface area contributed by atoms with E-state index < -0.39 is 5.54 Å². The molecule has 19 heavy (non-hydrogen) atoms. The average Bonchev–Trinajstić information content (AvgIpc) is 3.22. The second-order valence-electron chi connectivity index (χ2n) is 5.74. The van der Waals surface area contributed by atoms with Gasteiger partial charge in [0.05, 0.1) is 6.07 Å². The maximum Gasteiger partial charge on any atom is 0.121 e. The summed E-state index contributed by atoms with van der Waals surface area (Å²) in [6, 6.07) is 11.5. The number of rotatable bonds is 6. The molecule has 1 aliphatic rings. The van der Waals surface area contributed by atoms with E-state index in [1.165, 1.54) is 18.4 Å². The predicted octanol–water partition coefficient (Wildman–Crippen LogP) is 2.72. The fourth-order valence-corrected chi connectivity index (χ4v) is 2.34. The first kappa shape index (κ1) is 13.9. The van der Waals surface area contributed by atoms with Crippen LogP contribution in [-0.2, 0) is 6.42 Å². The smallest absolute Gasteiger partial charge is 0.121 e. The maximum absolute atomic E-state index is 9.40. The normalized spacial score (nSPS) is 17.6. The van der Waals surface area contributed by atoms with E-state index in [1.54, 1.807) is 0 Å². The van der Waals surface area contributed by atoms with Crippen molar-refractivity contribution in [3.8, 4) is 6.07 Å². The Labute approximate surface area is 116 Å². The van der Waals surface area contributed by atoms with Crippen molar-refractivity contribution in [2.45, 2.75) is 44.7 Å². The van der Waals surface area contributed by atoms with Crippen molar-refractivity contribution in [1.29, 1.82) is 5.26 Å². The highest BCUT2D eigenvalue weighted by Gasteiger charge is 2.33. The molecule has 0 heterocycles. The largest absolute Gasteiger partial charge is 0.372 e. The Balaban J connectivity index is 2.01. The second-order valence-corrected chi connectivity index (χ2v) is 5.74. The lowest BCUT2D eigenvalue weighted by Crippen LogP contribution is -2.50. The third-order valence-electron chi connectivity index (χ3n) is 3.69. The molecule has 1 N–H and O–H groups in total. The number of hydrogen-bond acceptors (Lipinski definition) is 3. The monoisotopic (exact) mass is 257 g/mol. The van der Waals surface area contributed by atoms with Crippen molar-refractivity contribution in [1.82, 2.24) is 5.32 Å². The SMILES string of the molecule is CCc1ccc(N(C)CC(C)(C#N)NC2CC2)cc1. The molecule has 1 unspecified atom stereocenters. The Bertz CT molecular complexity index is 456. The van der Waals surface area contributed by atoms with E-state index in [-0.39, 0.29) is 0 Å². The molecule has 1 atom stereocenters. The van der Waals surface area contributed by atoms with E-state index in [2.05, 4.69) is 47.5 Å². The van der Waals surface area contributed by atoms with E-state index in [9.17, 15) is 5.26 Å². The second kappa shape index (κ2) is 5.63. The molecule has 102 valence electrons. The van der Waals surface area contributed by atoms with Crippen LogP contribution in [0.15, 0.2) is 24.3 Å². The van der Waals surface area contributed by atoms with E-state index in [0.29, 0.717) is 12.6 Å². The number of nitrogens with zero attached hydrogens (tertiary/aromatic N) is 2. The first-order valence-electron chi connectivity index (χ1n) is 7.05. The van der Waals surface area contributed by atoms with Crippen LogP contribution in [0.25, 0.3) is 0 Å². The molecule has 1 aliphatic carbocycles. The third kappa shape index (κ3) is 3.71. The van der Waals surface area contributed by atoms with Gasteiger partial charge in [-0.1, -0.05) is 19.1 Å². The van der Waals surface area contributed by atoms with Gasteiger partial charge in [0, 0.05) is 25.3 Å². The standard InChI is InChI=1S/C16H23N3/c1-4-13-5-9-15(10-6-13)19(3)12-16(2,11-17)18-14-7-8-14/h5-6,9-10,14,18H,4,7-8,12H2,1-3H3. The third-order valence-corrected chi connectivity index (χ3v) is 3.69. The maximum atomic E-state index is 9.40. The molecule has 2 rings (SSSR count). The molecule has 0 radical (unpaired) electrons. The van der Waals surface area contributed by atoms with Crippen LogP contribution in [0, 0.1) is 11.3 Å². The summed E-state index contributed by atoms with van der Waals surface area (Å²) in [6.45, 7) is 4.85. The number of hydrogen-bond donors (Lipinski definition) is 1. The fourth-order valence-electron chi connectivity index (χ4n) is 2.34. The molecule has 3 heteroatoms. The molecule has 0 aromatic heterocycles. The molecule has 3 nitrogen and oxygen atoms in total. The van der Waals surface area contributed by atoms with Gasteiger partial charge in [0.2, 0.25) is 0 Å². The lowest BCUT2D eigenvalue weighted by Gasteiger charge is -2.30. The van der Waals surface area contributed by atoms with Gasteiger partial charge in [0.15, 0.2) is 0 Å². The first-order valence-corrected chi connectivity index (χ1v) is 7.05. The van der Waals surface area contributed by atoms with E-state index in [1.807, 2.05) is 14.0 Å². The van der Waals surface area contributed by atoms with Crippen molar-refractivity contribution in [2.75, 3.05) is 18.5 Å². The quantitative estimate of drug-likeness (QED) is 0.851. The van der Waals surface area contributed by atoms with Crippen LogP contribution in [0.5, 0.6) is 0 Å². The molecule has 1 aromatic rings. The lowest BCUT2D eigenvalue weighted by atomic mass is 10.0. The Morgan fingerprint density at radius 3 is 2.47 bits per heavy atom. The van der Waals surface area contributed by atoms with Crippen LogP contribution in [0.3, 0.4) is 0 Å². The number of likely N-dealkylation sites (N-methyl/N-ethyl adjacent to an activating group) is 1. The molecule has 1 saturated carbocycles. The number of aryl methyl sites for hydroxylation is 1. The Hall–Kier alpha value is -1.53. The summed E-state index contributed by atoms with van der Waals surface area (Å²) in [5.41, 5.74) is 2.03. The van der Waals surface area contributed by atoms with Crippen LogP contribution >= 0.6 is 0 Å². The average molecular weight is 257 g/mol. The van der Waals surface area contributed by atoms with E-state index >= 15 is 0 Å². The highest BCUT2D eigenvalue weighted by Crippen LogP contribution is 2.24. The molecule has 0 saturated heterocycles. The van der Waals surface area contributed by atoms with Gasteiger partial charge < -0.3 is 4.90 Å². The van der Waals surface area contributed by atoms with Crippen molar-refractivity contribution < 1.29 is 0 Å². The van der Waals surface area contributed by atoms with Crippen LogP contribution < -0.4 is 10.2 Å². The number of nitrogens with one attached hydrogen (secondary N) is 1. The van der Waals surface area contributed by atoms with Gasteiger partial charge in [0.1, 0.15) is 5.54 Å². The highest BCUT2D eigenvalue weighted by molar-refractivity contribution is 5.47. The van der Waals surface area contributed by atoms with E-state index in [4.69, 9.17) is 0 Å². The van der Waals surface area contributed by atoms with E-state index in [0.717, 1.165) is 12.1 Å². The van der Waals surface area contributed by atoms with Crippen molar-refractivity contribution in [3.05, 3.63) is 29.8 Å². The van der Waals surface area contributed by atoms with Gasteiger partial charge in [0.25, 0.3) is 0 Å². The first-order chi connectivity index (χ1) is 9.06. The molecule has 1 fully saturated rings. The van der Waals surface area contributed by atoms with Gasteiger partial charge in [-0.2, -0.15) is 5.26 Å². The topological polar surface area (TPSA) is 39.1 Å². The summed E-state index contributed by atoms with van der Waals surface area (Å²) in [6.07, 6.45) is 3.46. The number of benzene rings is 1. The molecule has 0 amide bonds. The zero-order valence-corrected chi connectivity index (χ0v) is 12.1. The zero-order chi connectivity index (χ0) is 13.9. The summed E-state index contributed by atoms with van der Waals surface area (Å²) in [5.74, 6) is 0. The van der Waals surface area contributed by atoms with Crippen LogP contribution in [-0.4, -0.2) is 25.2 Å². The lowest BCUT2D eigenvalue weighted by molar-refractivity contribution is 0.446. The summed E-state index contributed by atoms with van der Waals surface area (Å²) >= 11 is 0. The Morgan fingerprint density at radius 1 is 1.37 bits per heavy atom. The summed E-state index contributed by atoms with van der Waals surface area (Å²) in [4.78, 5) is 2.15. The minimum Gasteiger partial charge on any atom is -0.372 e. The fraction of sp³-hybridized carbons (Fsp3) is 0.562. The Kier molecular flexibility index (Phi) is 4.11. The summed E-state index contributed by atoms with van der Waals surface area (Å²) in [7, 11) is 2.05.